The zero-order valence-corrected chi connectivity index (χ0v) is 39.3. The summed E-state index contributed by atoms with van der Waals surface area (Å²) >= 11 is 1.36. The number of benzene rings is 6. The van der Waals surface area contributed by atoms with Crippen molar-refractivity contribution in [3.8, 4) is 44.5 Å². The van der Waals surface area contributed by atoms with Crippen LogP contribution in [0.15, 0.2) is 170 Å². The van der Waals surface area contributed by atoms with E-state index in [4.69, 9.17) is 0 Å². The summed E-state index contributed by atoms with van der Waals surface area (Å²) in [4.78, 5) is 0. The van der Waals surface area contributed by atoms with Gasteiger partial charge in [-0.2, -0.15) is 12.1 Å². The van der Waals surface area contributed by atoms with Crippen LogP contribution in [-0.4, -0.2) is 6.88 Å². The summed E-state index contributed by atoms with van der Waals surface area (Å²) < 4.78 is 0. The van der Waals surface area contributed by atoms with Crippen molar-refractivity contribution in [2.45, 2.75) is 77.0 Å². The molecular formula is C58H60SiZr-4. The molecule has 60 heavy (non-hydrogen) atoms. The molecule has 0 aliphatic heterocycles. The summed E-state index contributed by atoms with van der Waals surface area (Å²) in [6.07, 6.45) is 16.6. The topological polar surface area (TPSA) is 0 Å². The SMILES string of the molecule is [CH3-].[CH3-].[Si]=[Zr].c1ccc(-c2ccc(-c3ccccc3)c3[cH-]c(CC4CCCCC4)cc23)cc1.c1ccc(-c2ccc(-c3ccccc3)c3[cH-]c(CC4CCCCC4)cc23)cc1. The molecule has 8 aromatic carbocycles. The molecule has 0 saturated heterocycles. The average molecular weight is 876 g/mol. The van der Waals surface area contributed by atoms with Crippen LogP contribution < -0.4 is 0 Å². The molecule has 0 unspecified atom stereocenters. The molecule has 2 fully saturated rings. The Morgan fingerprint density at radius 3 is 0.983 bits per heavy atom. The van der Waals surface area contributed by atoms with Crippen LogP contribution in [0.5, 0.6) is 0 Å². The van der Waals surface area contributed by atoms with E-state index < -0.39 is 0 Å². The van der Waals surface area contributed by atoms with Gasteiger partial charge in [-0.3, -0.25) is 0 Å². The third-order valence-corrected chi connectivity index (χ3v) is 12.7. The van der Waals surface area contributed by atoms with E-state index in [-0.39, 0.29) is 14.9 Å². The van der Waals surface area contributed by atoms with Gasteiger partial charge in [-0.15, -0.1) is 44.8 Å². The van der Waals surface area contributed by atoms with Crippen LogP contribution in [0.4, 0.5) is 0 Å². The van der Waals surface area contributed by atoms with Gasteiger partial charge in [0.1, 0.15) is 0 Å². The molecule has 10 rings (SSSR count). The maximum atomic E-state index is 3.06. The molecule has 8 aromatic rings. The van der Waals surface area contributed by atoms with Crippen molar-refractivity contribution in [1.29, 1.82) is 0 Å². The molecule has 0 heterocycles. The second-order valence-corrected chi connectivity index (χ2v) is 16.6. The molecule has 2 saturated carbocycles. The van der Waals surface area contributed by atoms with E-state index >= 15 is 0 Å². The summed E-state index contributed by atoms with van der Waals surface area (Å²) in [7, 11) is 0. The molecule has 2 heteroatoms. The molecule has 2 radical (unpaired) electrons. The Morgan fingerprint density at radius 2 is 0.667 bits per heavy atom. The first kappa shape index (κ1) is 45.2. The Morgan fingerprint density at radius 1 is 0.383 bits per heavy atom. The minimum Gasteiger partial charge on any atom is -0.164 e. The summed E-state index contributed by atoms with van der Waals surface area (Å²) in [6, 6.07) is 62.4. The van der Waals surface area contributed by atoms with E-state index in [9.17, 15) is 0 Å². The van der Waals surface area contributed by atoms with E-state index in [1.54, 1.807) is 0 Å². The van der Waals surface area contributed by atoms with Gasteiger partial charge >= 0.3 is 30.2 Å². The van der Waals surface area contributed by atoms with E-state index in [2.05, 4.69) is 177 Å². The van der Waals surface area contributed by atoms with Crippen LogP contribution in [0.1, 0.15) is 75.3 Å². The molecular weight excluding hydrogens is 816 g/mol. The predicted molar refractivity (Wildman–Crippen MR) is 260 cm³/mol. The van der Waals surface area contributed by atoms with E-state index in [0.717, 1.165) is 11.8 Å². The first-order valence-electron chi connectivity index (χ1n) is 21.7. The minimum atomic E-state index is 0. The van der Waals surface area contributed by atoms with E-state index in [0.29, 0.717) is 0 Å². The average Bonchev–Trinajstić information content (AvgIpc) is 3.93. The van der Waals surface area contributed by atoms with Crippen molar-refractivity contribution in [3.63, 3.8) is 0 Å². The molecule has 2 aliphatic rings. The third-order valence-electron chi connectivity index (χ3n) is 12.7. The normalized spacial score (nSPS) is 14.2. The molecule has 304 valence electrons. The Bertz CT molecular complexity index is 2150. The van der Waals surface area contributed by atoms with Crippen molar-refractivity contribution >= 4 is 28.4 Å². The second-order valence-electron chi connectivity index (χ2n) is 16.6. The van der Waals surface area contributed by atoms with Crippen molar-refractivity contribution < 1.29 is 23.3 Å². The van der Waals surface area contributed by atoms with E-state index in [1.807, 2.05) is 0 Å². The molecule has 0 amide bonds. The van der Waals surface area contributed by atoms with Gasteiger partial charge in [0.05, 0.1) is 0 Å². The van der Waals surface area contributed by atoms with Crippen LogP contribution in [0, 0.1) is 26.7 Å². The quantitative estimate of drug-likeness (QED) is 0.105. The zero-order chi connectivity index (χ0) is 39.5. The first-order valence-corrected chi connectivity index (χ1v) is 25.9. The van der Waals surface area contributed by atoms with Crippen molar-refractivity contribution in [2.75, 3.05) is 0 Å². The Hall–Kier alpha value is -4.36. The molecule has 0 atom stereocenters. The molecule has 0 spiro atoms. The zero-order valence-electron chi connectivity index (χ0n) is 35.8. The predicted octanol–water partition coefficient (Wildman–Crippen LogP) is 16.5. The third kappa shape index (κ3) is 10.7. The maximum Gasteiger partial charge on any atom is -0.0279 e. The monoisotopic (exact) mass is 874 g/mol. The Balaban J connectivity index is 0.000000187. The fourth-order valence-corrected chi connectivity index (χ4v) is 9.88. The summed E-state index contributed by atoms with van der Waals surface area (Å²) in [6.45, 7) is 3.06. The van der Waals surface area contributed by atoms with Gasteiger partial charge in [0.15, 0.2) is 0 Å². The van der Waals surface area contributed by atoms with Gasteiger partial charge < -0.3 is 14.9 Å². The van der Waals surface area contributed by atoms with Crippen molar-refractivity contribution in [3.05, 3.63) is 196 Å². The van der Waals surface area contributed by atoms with E-state index in [1.165, 1.54) is 178 Å². The fourth-order valence-electron chi connectivity index (χ4n) is 9.88. The van der Waals surface area contributed by atoms with Crippen molar-refractivity contribution in [2.24, 2.45) is 11.8 Å². The molecule has 2 aliphatic carbocycles. The molecule has 0 aromatic heterocycles. The summed E-state index contributed by atoms with van der Waals surface area (Å²) in [5.41, 5.74) is 13.7. The van der Waals surface area contributed by atoms with Crippen molar-refractivity contribution in [1.82, 2.24) is 0 Å². The largest absolute Gasteiger partial charge is 0.164 e. The number of rotatable bonds is 8. The first-order chi connectivity index (χ1) is 28.8. The maximum absolute atomic E-state index is 3.06. The van der Waals surface area contributed by atoms with Gasteiger partial charge in [0, 0.05) is 0 Å². The molecule has 0 nitrogen and oxygen atoms in total. The molecule has 0 N–H and O–H groups in total. The van der Waals surface area contributed by atoms with Gasteiger partial charge in [0.2, 0.25) is 0 Å². The van der Waals surface area contributed by atoms with Gasteiger partial charge in [-0.05, 0) is 35.8 Å². The van der Waals surface area contributed by atoms with Crippen LogP contribution in [0.2, 0.25) is 0 Å². The van der Waals surface area contributed by atoms with Gasteiger partial charge in [0.25, 0.3) is 0 Å². The summed E-state index contributed by atoms with van der Waals surface area (Å²) in [5, 5.41) is 5.61. The van der Waals surface area contributed by atoms with Gasteiger partial charge in [-0.25, -0.2) is 0 Å². The minimum absolute atomic E-state index is 0. The number of fused-ring (bicyclic) bond motifs is 2. The van der Waals surface area contributed by atoms with Crippen LogP contribution in [0.25, 0.3) is 66.1 Å². The van der Waals surface area contributed by atoms with Gasteiger partial charge in [-0.1, -0.05) is 243 Å². The fraction of sp³-hybridized carbons (Fsp3) is 0.241. The standard InChI is InChI=1S/2C28H27.2CH3.Si.Zr/c2*1-4-10-21(11-5-1)18-22-19-27-25(23-12-6-2-7-13-23)16-17-26(28(27)20-22)24-14-8-3-9-15-24;;;;/h2*2-3,6-9,12-17,19-21H,1,4-5,10-11,18H2;2*1H3;;/q4*-1;;. The summed E-state index contributed by atoms with van der Waals surface area (Å²) in [5.74, 6) is 1.73. The molecule has 0 bridgehead atoms. The van der Waals surface area contributed by atoms with Crippen LogP contribution in [0.3, 0.4) is 0 Å². The van der Waals surface area contributed by atoms with Crippen LogP contribution in [-0.2, 0) is 36.2 Å². The van der Waals surface area contributed by atoms with Crippen LogP contribution >= 0.6 is 0 Å². The second kappa shape index (κ2) is 22.5. The Labute approximate surface area is 378 Å². The number of hydrogen-bond acceptors (Lipinski definition) is 0. The Kier molecular flexibility index (Phi) is 16.9. The number of hydrogen-bond donors (Lipinski definition) is 0. The smallest absolute Gasteiger partial charge is 0.0279 e.